The van der Waals surface area contributed by atoms with Crippen molar-refractivity contribution in [3.8, 4) is 0 Å². The van der Waals surface area contributed by atoms with Crippen LogP contribution in [0, 0.1) is 0 Å². The van der Waals surface area contributed by atoms with Crippen molar-refractivity contribution < 1.29 is 14.3 Å². The van der Waals surface area contributed by atoms with Gasteiger partial charge in [-0.1, -0.05) is 97.1 Å². The Morgan fingerprint density at radius 1 is 0.865 bits per heavy atom. The fraction of sp³-hybridized carbons (Fsp3) is 0.290. The third kappa shape index (κ3) is 7.73. The lowest BCUT2D eigenvalue weighted by Crippen LogP contribution is -2.50. The normalized spacial score (nSPS) is 12.3. The summed E-state index contributed by atoms with van der Waals surface area (Å²) in [5.41, 5.74) is 2.57. The van der Waals surface area contributed by atoms with Crippen LogP contribution in [0.5, 0.6) is 0 Å². The number of hydrogen-bond donors (Lipinski definition) is 2. The summed E-state index contributed by atoms with van der Waals surface area (Å²) in [6, 6.07) is 29.9. The molecule has 194 valence electrons. The van der Waals surface area contributed by atoms with E-state index in [1.54, 1.807) is 38.6 Å². The molecule has 0 bridgehead atoms. The molecule has 2 amide bonds. The summed E-state index contributed by atoms with van der Waals surface area (Å²) < 4.78 is 4.86. The molecule has 0 heterocycles. The van der Waals surface area contributed by atoms with E-state index in [4.69, 9.17) is 4.74 Å². The molecule has 3 aromatic rings. The first-order chi connectivity index (χ1) is 17.8. The van der Waals surface area contributed by atoms with Crippen molar-refractivity contribution in [2.24, 2.45) is 0 Å². The smallest absolute Gasteiger partial charge is 0.408 e. The molecule has 0 aliphatic carbocycles. The summed E-state index contributed by atoms with van der Waals surface area (Å²) in [6.45, 7) is 9.55. The molecule has 0 aromatic heterocycles. The first-order valence-corrected chi connectivity index (χ1v) is 13.4. The van der Waals surface area contributed by atoms with E-state index >= 15 is 0 Å². The number of rotatable bonds is 11. The zero-order chi connectivity index (χ0) is 26.7. The summed E-state index contributed by atoms with van der Waals surface area (Å²) >= 11 is 1.61. The van der Waals surface area contributed by atoms with Crippen LogP contribution in [0.2, 0.25) is 0 Å². The maximum Gasteiger partial charge on any atom is 0.408 e. The van der Waals surface area contributed by atoms with Crippen LogP contribution in [0.25, 0.3) is 0 Å². The van der Waals surface area contributed by atoms with E-state index < -0.39 is 22.5 Å². The Morgan fingerprint density at radius 3 is 1.73 bits per heavy atom. The highest BCUT2D eigenvalue weighted by Crippen LogP contribution is 2.48. The minimum absolute atomic E-state index is 0.261. The third-order valence-electron chi connectivity index (χ3n) is 5.66. The molecule has 0 unspecified atom stereocenters. The van der Waals surface area contributed by atoms with Crippen LogP contribution in [0.3, 0.4) is 0 Å². The number of nitrogens with one attached hydrogen (secondary N) is 2. The van der Waals surface area contributed by atoms with Gasteiger partial charge in [0, 0.05) is 12.3 Å². The Balaban J connectivity index is 2.02. The van der Waals surface area contributed by atoms with Gasteiger partial charge in [-0.05, 0) is 43.9 Å². The van der Waals surface area contributed by atoms with Gasteiger partial charge >= 0.3 is 6.09 Å². The van der Waals surface area contributed by atoms with Gasteiger partial charge in [-0.15, -0.1) is 18.3 Å². The van der Waals surface area contributed by atoms with Crippen molar-refractivity contribution in [3.63, 3.8) is 0 Å². The second kappa shape index (κ2) is 13.2. The van der Waals surface area contributed by atoms with Crippen LogP contribution in [0.15, 0.2) is 104 Å². The fourth-order valence-corrected chi connectivity index (χ4v) is 5.59. The van der Waals surface area contributed by atoms with E-state index in [2.05, 4.69) is 53.6 Å². The molecule has 0 saturated carbocycles. The number of thioether (sulfide) groups is 1. The van der Waals surface area contributed by atoms with E-state index in [0.29, 0.717) is 18.7 Å². The van der Waals surface area contributed by atoms with Crippen LogP contribution in [-0.2, 0) is 14.3 Å². The highest BCUT2D eigenvalue weighted by atomic mass is 32.2. The molecule has 0 aliphatic rings. The first kappa shape index (κ1) is 28.1. The van der Waals surface area contributed by atoms with Crippen molar-refractivity contribution in [1.82, 2.24) is 10.6 Å². The minimum atomic E-state index is -0.805. The molecular formula is C31H36N2O3S. The third-order valence-corrected chi connectivity index (χ3v) is 7.30. The SMILES string of the molecule is C=CCCNC(=O)[C@H](CSC(c1ccccc1)(c1ccccc1)c1ccccc1)NC(=O)OC(C)(C)C. The molecule has 0 spiro atoms. The number of hydrogen-bond acceptors (Lipinski definition) is 4. The number of carbonyl (C=O) groups excluding carboxylic acids is 2. The average Bonchev–Trinajstić information content (AvgIpc) is 2.89. The topological polar surface area (TPSA) is 67.4 Å². The van der Waals surface area contributed by atoms with Crippen molar-refractivity contribution in [2.75, 3.05) is 12.3 Å². The average molecular weight is 517 g/mol. The van der Waals surface area contributed by atoms with Gasteiger partial charge in [0.05, 0.1) is 4.75 Å². The molecule has 1 atom stereocenters. The zero-order valence-electron chi connectivity index (χ0n) is 21.8. The Morgan fingerprint density at radius 2 is 1.32 bits per heavy atom. The molecule has 3 rings (SSSR count). The van der Waals surface area contributed by atoms with Crippen LogP contribution >= 0.6 is 11.8 Å². The van der Waals surface area contributed by atoms with Crippen LogP contribution < -0.4 is 10.6 Å². The number of carbonyl (C=O) groups is 2. The van der Waals surface area contributed by atoms with Crippen molar-refractivity contribution in [1.29, 1.82) is 0 Å². The van der Waals surface area contributed by atoms with Gasteiger partial charge in [-0.2, -0.15) is 0 Å². The van der Waals surface area contributed by atoms with E-state index in [0.717, 1.165) is 16.7 Å². The maximum absolute atomic E-state index is 13.2. The van der Waals surface area contributed by atoms with Gasteiger partial charge in [0.2, 0.25) is 5.91 Å². The van der Waals surface area contributed by atoms with Crippen molar-refractivity contribution >= 4 is 23.8 Å². The summed E-state index contributed by atoms with van der Waals surface area (Å²) in [5.74, 6) is 0.0565. The number of ether oxygens (including phenoxy) is 1. The predicted octanol–water partition coefficient (Wildman–Crippen LogP) is 6.30. The molecule has 6 heteroatoms. The highest BCUT2D eigenvalue weighted by Gasteiger charge is 2.38. The summed E-state index contributed by atoms with van der Waals surface area (Å²) in [5, 5.41) is 5.72. The van der Waals surface area contributed by atoms with Gasteiger partial charge in [-0.25, -0.2) is 4.79 Å². The van der Waals surface area contributed by atoms with Gasteiger partial charge in [0.25, 0.3) is 0 Å². The van der Waals surface area contributed by atoms with Crippen LogP contribution in [-0.4, -0.2) is 35.9 Å². The largest absolute Gasteiger partial charge is 0.444 e. The Hall–Kier alpha value is -3.51. The van der Waals surface area contributed by atoms with Crippen LogP contribution in [0.1, 0.15) is 43.9 Å². The lowest BCUT2D eigenvalue weighted by Gasteiger charge is -2.36. The maximum atomic E-state index is 13.2. The van der Waals surface area contributed by atoms with Crippen molar-refractivity contribution in [3.05, 3.63) is 120 Å². The number of alkyl carbamates (subject to hydrolysis) is 1. The molecular weight excluding hydrogens is 480 g/mol. The van der Waals surface area contributed by atoms with Gasteiger partial charge < -0.3 is 15.4 Å². The van der Waals surface area contributed by atoms with Gasteiger partial charge in [-0.3, -0.25) is 4.79 Å². The van der Waals surface area contributed by atoms with Gasteiger partial charge in [0.1, 0.15) is 11.6 Å². The fourth-order valence-electron chi connectivity index (χ4n) is 4.03. The molecule has 0 radical (unpaired) electrons. The molecule has 0 aliphatic heterocycles. The van der Waals surface area contributed by atoms with Crippen LogP contribution in [0.4, 0.5) is 4.79 Å². The van der Waals surface area contributed by atoms with E-state index in [9.17, 15) is 9.59 Å². The standard InChI is InChI=1S/C31H36N2O3S/c1-5-6-22-32-28(34)27(33-29(35)36-30(2,3)4)23-37-31(24-16-10-7-11-17-24,25-18-12-8-13-19-25)26-20-14-9-15-21-26/h5,7-21,27H,1,6,22-23H2,2-4H3,(H,32,34)(H,33,35)/t27-/m0/s1. The number of amides is 2. The predicted molar refractivity (Wildman–Crippen MR) is 153 cm³/mol. The van der Waals surface area contributed by atoms with E-state index in [1.807, 2.05) is 54.6 Å². The quantitative estimate of drug-likeness (QED) is 0.178. The van der Waals surface area contributed by atoms with E-state index in [1.165, 1.54) is 0 Å². The Bertz CT molecular complexity index is 1050. The summed E-state index contributed by atoms with van der Waals surface area (Å²) in [6.07, 6.45) is 1.76. The summed E-state index contributed by atoms with van der Waals surface area (Å²) in [4.78, 5) is 25.9. The molecule has 0 saturated heterocycles. The summed E-state index contributed by atoms with van der Waals surface area (Å²) in [7, 11) is 0. The monoisotopic (exact) mass is 516 g/mol. The minimum Gasteiger partial charge on any atom is -0.444 e. The second-order valence-electron chi connectivity index (χ2n) is 9.66. The number of benzene rings is 3. The molecule has 37 heavy (non-hydrogen) atoms. The molecule has 5 nitrogen and oxygen atoms in total. The van der Waals surface area contributed by atoms with E-state index in [-0.39, 0.29) is 5.91 Å². The first-order valence-electron chi connectivity index (χ1n) is 12.4. The lowest BCUT2D eigenvalue weighted by atomic mass is 9.84. The second-order valence-corrected chi connectivity index (χ2v) is 10.9. The highest BCUT2D eigenvalue weighted by molar-refractivity contribution is 8.00. The molecule has 0 fully saturated rings. The molecule has 2 N–H and O–H groups in total. The van der Waals surface area contributed by atoms with Gasteiger partial charge in [0.15, 0.2) is 0 Å². The Labute approximate surface area is 224 Å². The Kier molecular flexibility index (Phi) is 9.98. The lowest BCUT2D eigenvalue weighted by molar-refractivity contribution is -0.122. The zero-order valence-corrected chi connectivity index (χ0v) is 22.6. The molecule has 3 aromatic carbocycles. The van der Waals surface area contributed by atoms with Crippen molar-refractivity contribution in [2.45, 2.75) is 43.6 Å².